The number of nitrogens with zero attached hydrogens (tertiary/aromatic N) is 1. The third kappa shape index (κ3) is 7.18. The summed E-state index contributed by atoms with van der Waals surface area (Å²) in [4.78, 5) is 2.49. The Morgan fingerprint density at radius 1 is 0.312 bits per heavy atom. The Kier molecular flexibility index (Phi) is 10.7. The van der Waals surface area contributed by atoms with Crippen molar-refractivity contribution >= 4 is 81.3 Å². The third-order valence-electron chi connectivity index (χ3n) is 16.8. The average Bonchev–Trinajstić information content (AvgIpc) is 4.38. The van der Waals surface area contributed by atoms with Crippen LogP contribution in [0.5, 0.6) is 0 Å². The lowest BCUT2D eigenvalue weighted by atomic mass is 9.66. The molecule has 0 saturated carbocycles. The molecule has 0 spiro atoms. The van der Waals surface area contributed by atoms with Crippen molar-refractivity contribution < 1.29 is 4.42 Å². The highest BCUT2D eigenvalue weighted by Crippen LogP contribution is 2.60. The molecule has 80 heavy (non-hydrogen) atoms. The summed E-state index contributed by atoms with van der Waals surface area (Å²) in [6.45, 7) is 0. The molecule has 16 rings (SSSR count). The van der Waals surface area contributed by atoms with Gasteiger partial charge in [-0.3, -0.25) is 0 Å². The average molecular weight is 1040 g/mol. The Bertz CT molecular complexity index is 4690. The van der Waals surface area contributed by atoms with Crippen LogP contribution < -0.4 is 4.90 Å². The van der Waals surface area contributed by atoms with Gasteiger partial charge in [-0.15, -0.1) is 11.3 Å². The standard InChI is InChI=1S/C77H49NOS/c1-2-16-50(17-3-1)51-38-46-58(47-39-51)78(59-48-40-53(41-49-59)61-24-12-19-52-18-4-5-20-60(52)61)71-31-15-27-67-64-21-6-9-30-70(64)77(74(67)71,56-42-34-54(35-43-56)62-25-13-28-68-65-22-7-10-32-72(65)79-75(62)68)57-44-36-55(37-45-57)63-26-14-29-69-66-23-8-11-33-73(66)80-76(63)69/h1-49H. The molecule has 374 valence electrons. The zero-order chi connectivity index (χ0) is 52.7. The van der Waals surface area contributed by atoms with E-state index in [-0.39, 0.29) is 0 Å². The van der Waals surface area contributed by atoms with Gasteiger partial charge in [0.1, 0.15) is 11.2 Å². The summed E-state index contributed by atoms with van der Waals surface area (Å²) in [5.74, 6) is 0. The molecule has 0 fully saturated rings. The summed E-state index contributed by atoms with van der Waals surface area (Å²) in [5, 5.41) is 7.32. The second-order valence-corrected chi connectivity index (χ2v) is 22.1. The Balaban J connectivity index is 0.929. The molecule has 3 heteroatoms. The molecule has 0 saturated heterocycles. The summed E-state index contributed by atoms with van der Waals surface area (Å²) >= 11 is 1.88. The Labute approximate surface area is 468 Å². The van der Waals surface area contributed by atoms with E-state index in [9.17, 15) is 0 Å². The van der Waals surface area contributed by atoms with Crippen LogP contribution in [0.1, 0.15) is 22.3 Å². The first-order valence-corrected chi connectivity index (χ1v) is 28.3. The predicted molar refractivity (Wildman–Crippen MR) is 338 cm³/mol. The number of anilines is 3. The molecule has 15 aromatic rings. The molecule has 1 aliphatic rings. The quantitative estimate of drug-likeness (QED) is 0.143. The first kappa shape index (κ1) is 46.1. The van der Waals surface area contributed by atoms with E-state index in [1.165, 1.54) is 97.7 Å². The van der Waals surface area contributed by atoms with Gasteiger partial charge in [-0.25, -0.2) is 0 Å². The van der Waals surface area contributed by atoms with Crippen LogP contribution >= 0.6 is 11.3 Å². The van der Waals surface area contributed by atoms with E-state index in [0.29, 0.717) is 0 Å². The fraction of sp³-hybridized carbons (Fsp3) is 0.0130. The van der Waals surface area contributed by atoms with Crippen molar-refractivity contribution in [2.45, 2.75) is 5.41 Å². The van der Waals surface area contributed by atoms with Crippen molar-refractivity contribution in [1.82, 2.24) is 0 Å². The number of rotatable bonds is 9. The van der Waals surface area contributed by atoms with Gasteiger partial charge in [0.05, 0.1) is 11.1 Å². The normalized spacial score (nSPS) is 13.8. The van der Waals surface area contributed by atoms with Gasteiger partial charge in [0.2, 0.25) is 0 Å². The Morgan fingerprint density at radius 3 is 1.59 bits per heavy atom. The van der Waals surface area contributed by atoms with Gasteiger partial charge in [-0.05, 0) is 120 Å². The van der Waals surface area contributed by atoms with E-state index in [2.05, 4.69) is 296 Å². The first-order valence-electron chi connectivity index (χ1n) is 27.5. The monoisotopic (exact) mass is 1040 g/mol. The summed E-state index contributed by atoms with van der Waals surface area (Å²) in [5.41, 5.74) is 21.0. The minimum Gasteiger partial charge on any atom is -0.455 e. The number of para-hydroxylation sites is 2. The van der Waals surface area contributed by atoms with Gasteiger partial charge in [0, 0.05) is 53.4 Å². The number of furan rings is 1. The molecule has 2 nitrogen and oxygen atoms in total. The van der Waals surface area contributed by atoms with Crippen LogP contribution in [0.25, 0.3) is 109 Å². The number of thiophene rings is 1. The van der Waals surface area contributed by atoms with E-state index in [0.717, 1.165) is 50.1 Å². The van der Waals surface area contributed by atoms with E-state index in [1.807, 2.05) is 17.4 Å². The third-order valence-corrected chi connectivity index (χ3v) is 18.0. The molecule has 13 aromatic carbocycles. The summed E-state index contributed by atoms with van der Waals surface area (Å²) < 4.78 is 9.26. The lowest BCUT2D eigenvalue weighted by molar-refractivity contribution is 0.670. The maximum atomic E-state index is 6.65. The van der Waals surface area contributed by atoms with Gasteiger partial charge in [0.15, 0.2) is 0 Å². The van der Waals surface area contributed by atoms with Crippen LogP contribution in [0.15, 0.2) is 302 Å². The zero-order valence-electron chi connectivity index (χ0n) is 43.6. The highest BCUT2D eigenvalue weighted by atomic mass is 32.1. The smallest absolute Gasteiger partial charge is 0.143 e. The lowest BCUT2D eigenvalue weighted by Gasteiger charge is -2.38. The number of benzene rings is 13. The summed E-state index contributed by atoms with van der Waals surface area (Å²) in [7, 11) is 0. The van der Waals surface area contributed by atoms with Crippen LogP contribution in [-0.2, 0) is 5.41 Å². The SMILES string of the molecule is c1ccc(-c2ccc(N(c3ccc(-c4cccc5ccccc45)cc3)c3cccc4c3C(c3ccc(-c5cccc6c5oc5ccccc56)cc3)(c3ccc(-c5cccc6c5sc5ccccc56)cc3)c3ccccc3-4)cc2)cc1. The Morgan fingerprint density at radius 2 is 0.812 bits per heavy atom. The molecule has 1 unspecified atom stereocenters. The summed E-state index contributed by atoms with van der Waals surface area (Å²) in [6, 6.07) is 110. The van der Waals surface area contributed by atoms with Crippen molar-refractivity contribution in [1.29, 1.82) is 0 Å². The minimum atomic E-state index is -0.764. The van der Waals surface area contributed by atoms with E-state index in [1.54, 1.807) is 0 Å². The van der Waals surface area contributed by atoms with Crippen LogP contribution in [0.4, 0.5) is 17.1 Å². The summed E-state index contributed by atoms with van der Waals surface area (Å²) in [6.07, 6.45) is 0. The minimum absolute atomic E-state index is 0.764. The highest BCUT2D eigenvalue weighted by Gasteiger charge is 2.48. The van der Waals surface area contributed by atoms with Gasteiger partial charge >= 0.3 is 0 Å². The molecule has 2 aromatic heterocycles. The lowest BCUT2D eigenvalue weighted by Crippen LogP contribution is -2.30. The largest absolute Gasteiger partial charge is 0.455 e. The molecule has 0 aliphatic heterocycles. The fourth-order valence-corrected chi connectivity index (χ4v) is 14.4. The molecule has 1 atom stereocenters. The fourth-order valence-electron chi connectivity index (χ4n) is 13.2. The van der Waals surface area contributed by atoms with Gasteiger partial charge in [-0.2, -0.15) is 0 Å². The van der Waals surface area contributed by atoms with E-state index >= 15 is 0 Å². The van der Waals surface area contributed by atoms with Crippen LogP contribution in [0, 0.1) is 0 Å². The van der Waals surface area contributed by atoms with Crippen molar-refractivity contribution in [3.8, 4) is 55.6 Å². The second kappa shape index (κ2) is 18.6. The van der Waals surface area contributed by atoms with Crippen LogP contribution in [0.2, 0.25) is 0 Å². The topological polar surface area (TPSA) is 16.4 Å². The molecule has 0 bridgehead atoms. The van der Waals surface area contributed by atoms with Crippen molar-refractivity contribution in [2.24, 2.45) is 0 Å². The molecule has 2 heterocycles. The maximum absolute atomic E-state index is 6.65. The molecule has 1 aliphatic carbocycles. The number of hydrogen-bond donors (Lipinski definition) is 0. The second-order valence-electron chi connectivity index (χ2n) is 21.0. The van der Waals surface area contributed by atoms with Crippen molar-refractivity contribution in [2.75, 3.05) is 4.90 Å². The van der Waals surface area contributed by atoms with E-state index < -0.39 is 5.41 Å². The highest BCUT2D eigenvalue weighted by molar-refractivity contribution is 7.26. The van der Waals surface area contributed by atoms with Gasteiger partial charge in [-0.1, -0.05) is 255 Å². The van der Waals surface area contributed by atoms with Crippen molar-refractivity contribution in [3.63, 3.8) is 0 Å². The number of fused-ring (bicyclic) bond motifs is 10. The Hall–Kier alpha value is -10.1. The van der Waals surface area contributed by atoms with E-state index in [4.69, 9.17) is 4.42 Å². The molecule has 0 amide bonds. The van der Waals surface area contributed by atoms with Crippen LogP contribution in [-0.4, -0.2) is 0 Å². The first-order chi connectivity index (χ1) is 39.7. The zero-order valence-corrected chi connectivity index (χ0v) is 44.4. The molecule has 0 radical (unpaired) electrons. The molecular weight excluding hydrogens is 987 g/mol. The maximum Gasteiger partial charge on any atom is 0.143 e. The molecule has 0 N–H and O–H groups in total. The number of hydrogen-bond acceptors (Lipinski definition) is 3. The van der Waals surface area contributed by atoms with Gasteiger partial charge < -0.3 is 9.32 Å². The van der Waals surface area contributed by atoms with Crippen molar-refractivity contribution in [3.05, 3.63) is 320 Å². The predicted octanol–water partition coefficient (Wildman–Crippen LogP) is 21.6. The van der Waals surface area contributed by atoms with Crippen LogP contribution in [0.3, 0.4) is 0 Å². The van der Waals surface area contributed by atoms with Gasteiger partial charge in [0.25, 0.3) is 0 Å². The molecular formula is C77H49NOS.